The predicted molar refractivity (Wildman–Crippen MR) is 103 cm³/mol. The summed E-state index contributed by atoms with van der Waals surface area (Å²) < 4.78 is 43.0. The number of alkyl halides is 3. The molecule has 2 N–H and O–H groups in total. The monoisotopic (exact) mass is 407 g/mol. The summed E-state index contributed by atoms with van der Waals surface area (Å²) in [4.78, 5) is 12.2. The highest BCUT2D eigenvalue weighted by Crippen LogP contribution is 2.36. The van der Waals surface area contributed by atoms with Crippen LogP contribution in [0.3, 0.4) is 0 Å². The average molecular weight is 407 g/mol. The summed E-state index contributed by atoms with van der Waals surface area (Å²) in [7, 11) is 1.59. The van der Waals surface area contributed by atoms with Gasteiger partial charge < -0.3 is 15.2 Å². The third-order valence-electron chi connectivity index (χ3n) is 5.35. The van der Waals surface area contributed by atoms with Crippen LogP contribution in [-0.2, 0) is 29.4 Å². The maximum absolute atomic E-state index is 12.6. The number of aliphatic hydroxyl groups is 1. The molecule has 2 aromatic rings. The Balaban J connectivity index is 1.56. The van der Waals surface area contributed by atoms with Gasteiger partial charge in [0.2, 0.25) is 5.91 Å². The van der Waals surface area contributed by atoms with Crippen LogP contribution in [0.4, 0.5) is 13.2 Å². The van der Waals surface area contributed by atoms with E-state index in [9.17, 15) is 23.1 Å². The number of nitrogens with one attached hydrogen (secondary N) is 1. The van der Waals surface area contributed by atoms with Gasteiger partial charge in [-0.15, -0.1) is 0 Å². The number of benzene rings is 2. The normalized spacial score (nSPS) is 18.8. The number of fused-ring (bicyclic) bond motifs is 1. The van der Waals surface area contributed by atoms with E-state index in [1.807, 2.05) is 12.1 Å². The maximum Gasteiger partial charge on any atom is 0.416 e. The fourth-order valence-electron chi connectivity index (χ4n) is 3.70. The molecule has 1 atom stereocenters. The van der Waals surface area contributed by atoms with Gasteiger partial charge in [0.1, 0.15) is 11.4 Å². The zero-order valence-corrected chi connectivity index (χ0v) is 16.2. The van der Waals surface area contributed by atoms with Crippen LogP contribution in [0.1, 0.15) is 41.5 Å². The smallest absolute Gasteiger partial charge is 0.416 e. The first-order valence-corrected chi connectivity index (χ1v) is 9.54. The fourth-order valence-corrected chi connectivity index (χ4v) is 3.70. The summed E-state index contributed by atoms with van der Waals surface area (Å²) >= 11 is 0. The van der Waals surface area contributed by atoms with Gasteiger partial charge in [0.15, 0.2) is 0 Å². The second-order valence-electron chi connectivity index (χ2n) is 7.38. The molecule has 29 heavy (non-hydrogen) atoms. The van der Waals surface area contributed by atoms with E-state index in [0.29, 0.717) is 18.4 Å². The molecule has 3 rings (SSSR count). The van der Waals surface area contributed by atoms with Crippen LogP contribution in [-0.4, -0.2) is 24.7 Å². The minimum Gasteiger partial charge on any atom is -0.497 e. The van der Waals surface area contributed by atoms with Gasteiger partial charge in [-0.3, -0.25) is 4.79 Å². The summed E-state index contributed by atoms with van der Waals surface area (Å²) in [6.45, 7) is 0.0954. The van der Waals surface area contributed by atoms with Gasteiger partial charge in [0, 0.05) is 6.42 Å². The number of ether oxygens (including phenoxy) is 1. The molecule has 1 amide bonds. The Hall–Kier alpha value is -2.54. The van der Waals surface area contributed by atoms with Crippen LogP contribution in [0.15, 0.2) is 42.5 Å². The molecule has 7 heteroatoms. The number of carbonyl (C=O) groups is 1. The summed E-state index contributed by atoms with van der Waals surface area (Å²) in [6, 6.07) is 10.3. The van der Waals surface area contributed by atoms with Gasteiger partial charge >= 0.3 is 6.18 Å². The van der Waals surface area contributed by atoms with Crippen molar-refractivity contribution in [1.29, 1.82) is 0 Å². The summed E-state index contributed by atoms with van der Waals surface area (Å²) in [5.74, 6) is 0.479. The first kappa shape index (κ1) is 21.2. The Morgan fingerprint density at radius 2 is 1.93 bits per heavy atom. The van der Waals surface area contributed by atoms with Crippen molar-refractivity contribution in [3.8, 4) is 5.75 Å². The number of methoxy groups -OCH3 is 1. The van der Waals surface area contributed by atoms with Crippen molar-refractivity contribution in [3.63, 3.8) is 0 Å². The second kappa shape index (κ2) is 8.45. The van der Waals surface area contributed by atoms with Crippen LogP contribution in [0.25, 0.3) is 0 Å². The molecule has 0 bridgehead atoms. The summed E-state index contributed by atoms with van der Waals surface area (Å²) in [5.41, 5.74) is 0.622. The van der Waals surface area contributed by atoms with Gasteiger partial charge in [-0.1, -0.05) is 18.2 Å². The van der Waals surface area contributed by atoms with E-state index >= 15 is 0 Å². The number of halogens is 3. The minimum absolute atomic E-state index is 0.0954. The lowest BCUT2D eigenvalue weighted by molar-refractivity contribution is -0.137. The number of amides is 1. The van der Waals surface area contributed by atoms with Crippen molar-refractivity contribution in [1.82, 2.24) is 5.32 Å². The van der Waals surface area contributed by atoms with E-state index in [1.165, 1.54) is 12.1 Å². The van der Waals surface area contributed by atoms with Crippen molar-refractivity contribution in [2.24, 2.45) is 0 Å². The molecule has 156 valence electrons. The highest BCUT2D eigenvalue weighted by atomic mass is 19.4. The number of carbonyl (C=O) groups excluding carboxylic acids is 1. The van der Waals surface area contributed by atoms with E-state index in [1.54, 1.807) is 13.2 Å². The van der Waals surface area contributed by atoms with Crippen molar-refractivity contribution in [2.75, 3.05) is 13.7 Å². The van der Waals surface area contributed by atoms with Crippen molar-refractivity contribution in [2.45, 2.75) is 43.9 Å². The lowest BCUT2D eigenvalue weighted by atomic mass is 9.79. The first-order valence-electron chi connectivity index (χ1n) is 9.54. The first-order chi connectivity index (χ1) is 13.7. The molecule has 0 heterocycles. The van der Waals surface area contributed by atoms with Gasteiger partial charge in [0.25, 0.3) is 0 Å². The third-order valence-corrected chi connectivity index (χ3v) is 5.35. The van der Waals surface area contributed by atoms with E-state index in [2.05, 4.69) is 5.32 Å². The maximum atomic E-state index is 12.6. The molecule has 1 aliphatic rings. The molecular weight excluding hydrogens is 383 g/mol. The highest BCUT2D eigenvalue weighted by molar-refractivity contribution is 5.76. The molecule has 0 saturated carbocycles. The predicted octanol–water partition coefficient (Wildman–Crippen LogP) is 3.99. The minimum atomic E-state index is -4.37. The van der Waals surface area contributed by atoms with E-state index < -0.39 is 17.3 Å². The quantitative estimate of drug-likeness (QED) is 0.761. The second-order valence-corrected chi connectivity index (χ2v) is 7.38. The topological polar surface area (TPSA) is 58.6 Å². The number of rotatable bonds is 6. The zero-order chi connectivity index (χ0) is 21.1. The van der Waals surface area contributed by atoms with E-state index in [4.69, 9.17) is 4.74 Å². The lowest BCUT2D eigenvalue weighted by Gasteiger charge is -2.35. The molecule has 0 saturated heterocycles. The standard InChI is InChI=1S/C22H24F3NO3/c1-29-18-9-10-19-16(13-18)3-2-12-21(19,28)14-26-20(27)11-6-15-4-7-17(8-5-15)22(23,24)25/h4-5,7-10,13,28H,2-3,6,11-12,14H2,1H3,(H,26,27). The largest absolute Gasteiger partial charge is 0.497 e. The SMILES string of the molecule is COc1ccc2c(c1)CCCC2(O)CNC(=O)CCc1ccc(C(F)(F)F)cc1. The molecule has 2 aromatic carbocycles. The Bertz CT molecular complexity index is 865. The molecule has 0 radical (unpaired) electrons. The summed E-state index contributed by atoms with van der Waals surface area (Å²) in [5, 5.41) is 13.8. The zero-order valence-electron chi connectivity index (χ0n) is 16.2. The lowest BCUT2D eigenvalue weighted by Crippen LogP contribution is -2.43. The number of hydrogen-bond donors (Lipinski definition) is 2. The molecule has 4 nitrogen and oxygen atoms in total. The molecule has 1 aliphatic carbocycles. The molecule has 0 aromatic heterocycles. The Morgan fingerprint density at radius 1 is 1.21 bits per heavy atom. The molecular formula is C22H24F3NO3. The van der Waals surface area contributed by atoms with Crippen LogP contribution >= 0.6 is 0 Å². The van der Waals surface area contributed by atoms with Gasteiger partial charge in [0.05, 0.1) is 19.2 Å². The van der Waals surface area contributed by atoms with Crippen molar-refractivity contribution in [3.05, 3.63) is 64.7 Å². The third kappa shape index (κ3) is 5.09. The Labute approximate surface area is 167 Å². The van der Waals surface area contributed by atoms with Crippen molar-refractivity contribution >= 4 is 5.91 Å². The average Bonchev–Trinajstić information content (AvgIpc) is 2.70. The molecule has 0 spiro atoms. The number of hydrogen-bond acceptors (Lipinski definition) is 3. The van der Waals surface area contributed by atoms with E-state index in [-0.39, 0.29) is 18.9 Å². The molecule has 0 aliphatic heterocycles. The molecule has 0 fully saturated rings. The molecule has 1 unspecified atom stereocenters. The number of aryl methyl sites for hydroxylation is 2. The van der Waals surface area contributed by atoms with E-state index in [0.717, 1.165) is 41.9 Å². The van der Waals surface area contributed by atoms with Gasteiger partial charge in [-0.05, 0) is 66.6 Å². The van der Waals surface area contributed by atoms with Crippen molar-refractivity contribution < 1.29 is 27.8 Å². The highest BCUT2D eigenvalue weighted by Gasteiger charge is 2.35. The summed E-state index contributed by atoms with van der Waals surface area (Å²) in [6.07, 6.45) is -1.71. The van der Waals surface area contributed by atoms with Crippen LogP contribution in [0.5, 0.6) is 5.75 Å². The fraction of sp³-hybridized carbons (Fsp3) is 0.409. The Morgan fingerprint density at radius 3 is 2.59 bits per heavy atom. The Kier molecular flexibility index (Phi) is 6.17. The van der Waals surface area contributed by atoms with Crippen LogP contribution in [0.2, 0.25) is 0 Å². The van der Waals surface area contributed by atoms with Crippen LogP contribution < -0.4 is 10.1 Å². The van der Waals surface area contributed by atoms with Gasteiger partial charge in [-0.25, -0.2) is 0 Å². The van der Waals surface area contributed by atoms with Crippen LogP contribution in [0, 0.1) is 0 Å². The van der Waals surface area contributed by atoms with Gasteiger partial charge in [-0.2, -0.15) is 13.2 Å².